The number of sulfone groups is 1. The van der Waals surface area contributed by atoms with Crippen molar-refractivity contribution >= 4 is 15.9 Å². The number of methoxy groups -OCH3 is 1. The highest BCUT2D eigenvalue weighted by Gasteiger charge is 2.48. The van der Waals surface area contributed by atoms with Crippen molar-refractivity contribution in [2.75, 3.05) is 52.4 Å². The van der Waals surface area contributed by atoms with E-state index in [1.807, 2.05) is 4.90 Å². The first-order valence-corrected chi connectivity index (χ1v) is 10.4. The number of nitrogens with zero attached hydrogens (tertiary/aromatic N) is 5. The molecule has 2 aliphatic heterocycles. The van der Waals surface area contributed by atoms with Gasteiger partial charge < -0.3 is 19.1 Å². The van der Waals surface area contributed by atoms with E-state index in [9.17, 15) is 13.2 Å². The van der Waals surface area contributed by atoms with Crippen LogP contribution in [0.4, 0.5) is 4.79 Å². The van der Waals surface area contributed by atoms with Gasteiger partial charge in [-0.15, -0.1) is 0 Å². The second kappa shape index (κ2) is 7.49. The Kier molecular flexibility index (Phi) is 5.49. The molecule has 2 aliphatic rings. The zero-order valence-electron chi connectivity index (χ0n) is 15.3. The van der Waals surface area contributed by atoms with Gasteiger partial charge >= 0.3 is 6.03 Å². The summed E-state index contributed by atoms with van der Waals surface area (Å²) in [6.07, 6.45) is 0.561. The summed E-state index contributed by atoms with van der Waals surface area (Å²) in [7, 11) is 1.76. The lowest BCUT2D eigenvalue weighted by Crippen LogP contribution is -2.61. The van der Waals surface area contributed by atoms with Crippen molar-refractivity contribution in [1.82, 2.24) is 24.8 Å². The third-order valence-electron chi connectivity index (χ3n) is 4.80. The first-order valence-electron chi connectivity index (χ1n) is 8.53. The third-order valence-corrected chi connectivity index (χ3v) is 6.50. The Balaban J connectivity index is 1.73. The van der Waals surface area contributed by atoms with E-state index < -0.39 is 9.84 Å². The number of ether oxygens (including phenoxy) is 1. The minimum absolute atomic E-state index is 0.00330. The topological polar surface area (TPSA) is 109 Å². The Morgan fingerprint density at radius 2 is 2.04 bits per heavy atom. The van der Waals surface area contributed by atoms with Gasteiger partial charge in [0.15, 0.2) is 15.7 Å². The van der Waals surface area contributed by atoms with E-state index in [-0.39, 0.29) is 29.6 Å². The van der Waals surface area contributed by atoms with Crippen LogP contribution in [-0.4, -0.2) is 104 Å². The van der Waals surface area contributed by atoms with Crippen molar-refractivity contribution in [3.63, 3.8) is 0 Å². The number of rotatable bonds is 5. The molecular weight excluding hydrogens is 362 g/mol. The molecule has 0 bridgehead atoms. The quantitative estimate of drug-likeness (QED) is 0.647. The number of piperazine rings is 1. The fraction of sp³-hybridized carbons (Fsp3) is 0.800. The van der Waals surface area contributed by atoms with Gasteiger partial charge in [-0.3, -0.25) is 4.90 Å². The van der Waals surface area contributed by atoms with E-state index in [4.69, 9.17) is 9.26 Å². The number of fused-ring (bicyclic) bond motifs is 1. The summed E-state index contributed by atoms with van der Waals surface area (Å²) >= 11 is 0. The van der Waals surface area contributed by atoms with Gasteiger partial charge in [-0.2, -0.15) is 4.98 Å². The monoisotopic (exact) mass is 387 g/mol. The number of urea groups is 1. The molecule has 1 aromatic rings. The Bertz CT molecular complexity index is 749. The molecule has 0 N–H and O–H groups in total. The van der Waals surface area contributed by atoms with Gasteiger partial charge in [0, 0.05) is 46.8 Å². The zero-order chi connectivity index (χ0) is 18.9. The predicted molar refractivity (Wildman–Crippen MR) is 92.3 cm³/mol. The summed E-state index contributed by atoms with van der Waals surface area (Å²) < 4.78 is 34.7. The second-order valence-electron chi connectivity index (χ2n) is 6.90. The minimum atomic E-state index is -3.19. The summed E-state index contributed by atoms with van der Waals surface area (Å²) in [6.45, 7) is 1.92. The maximum absolute atomic E-state index is 12.4. The summed E-state index contributed by atoms with van der Waals surface area (Å²) in [5, 5.41) is 3.92. The largest absolute Gasteiger partial charge is 0.384 e. The van der Waals surface area contributed by atoms with Crippen molar-refractivity contribution < 1.29 is 22.5 Å². The van der Waals surface area contributed by atoms with Crippen LogP contribution >= 0.6 is 0 Å². The highest BCUT2D eigenvalue weighted by atomic mass is 32.2. The maximum Gasteiger partial charge on any atom is 0.319 e. The van der Waals surface area contributed by atoms with Crippen molar-refractivity contribution in [1.29, 1.82) is 0 Å². The summed E-state index contributed by atoms with van der Waals surface area (Å²) in [5.41, 5.74) is 0. The Morgan fingerprint density at radius 3 is 2.73 bits per heavy atom. The number of carbonyl (C=O) groups excluding carboxylic acids is 1. The first-order chi connectivity index (χ1) is 12.3. The smallest absolute Gasteiger partial charge is 0.319 e. The summed E-state index contributed by atoms with van der Waals surface area (Å²) in [4.78, 5) is 21.9. The molecule has 146 valence electrons. The molecule has 2 saturated heterocycles. The molecule has 26 heavy (non-hydrogen) atoms. The third kappa shape index (κ3) is 3.99. The lowest BCUT2D eigenvalue weighted by molar-refractivity contribution is 0.0461. The molecule has 2 amide bonds. The van der Waals surface area contributed by atoms with Crippen LogP contribution in [-0.2, 0) is 27.5 Å². The second-order valence-corrected chi connectivity index (χ2v) is 9.05. The van der Waals surface area contributed by atoms with Gasteiger partial charge in [0.05, 0.1) is 30.7 Å². The van der Waals surface area contributed by atoms with Crippen molar-refractivity contribution in [2.45, 2.75) is 25.0 Å². The average Bonchev–Trinajstić information content (AvgIpc) is 3.15. The normalized spacial score (nSPS) is 25.3. The Labute approximate surface area is 153 Å². The van der Waals surface area contributed by atoms with Gasteiger partial charge in [0.25, 0.3) is 0 Å². The van der Waals surface area contributed by atoms with Gasteiger partial charge in [0.2, 0.25) is 5.89 Å². The van der Waals surface area contributed by atoms with Gasteiger partial charge in [0.1, 0.15) is 0 Å². The molecule has 2 fully saturated rings. The Morgan fingerprint density at radius 1 is 1.31 bits per heavy atom. The molecule has 1 aromatic heterocycles. The Hall–Kier alpha value is -1.72. The highest BCUT2D eigenvalue weighted by Crippen LogP contribution is 2.28. The molecule has 3 heterocycles. The number of hydrogen-bond acceptors (Lipinski definition) is 8. The predicted octanol–water partition coefficient (Wildman–Crippen LogP) is -0.777. The average molecular weight is 387 g/mol. The van der Waals surface area contributed by atoms with E-state index in [0.717, 1.165) is 0 Å². The fourth-order valence-corrected chi connectivity index (χ4v) is 5.55. The van der Waals surface area contributed by atoms with Gasteiger partial charge in [-0.1, -0.05) is 5.16 Å². The van der Waals surface area contributed by atoms with E-state index in [0.29, 0.717) is 44.4 Å². The molecule has 2 atom stereocenters. The van der Waals surface area contributed by atoms with Crippen LogP contribution in [0.1, 0.15) is 11.7 Å². The molecule has 0 saturated carbocycles. The summed E-state index contributed by atoms with van der Waals surface area (Å²) in [5.74, 6) is 1.06. The molecule has 0 radical (unpaired) electrons. The van der Waals surface area contributed by atoms with Crippen LogP contribution in [0.25, 0.3) is 0 Å². The van der Waals surface area contributed by atoms with Crippen LogP contribution in [0.5, 0.6) is 0 Å². The van der Waals surface area contributed by atoms with Crippen molar-refractivity contribution in [3.05, 3.63) is 11.7 Å². The molecule has 3 rings (SSSR count). The number of carbonyl (C=O) groups is 1. The maximum atomic E-state index is 12.4. The molecular formula is C15H25N5O5S. The fourth-order valence-electron chi connectivity index (χ4n) is 3.54. The molecule has 10 nitrogen and oxygen atoms in total. The van der Waals surface area contributed by atoms with Crippen LogP contribution in [0.3, 0.4) is 0 Å². The van der Waals surface area contributed by atoms with Crippen molar-refractivity contribution in [2.24, 2.45) is 0 Å². The van der Waals surface area contributed by atoms with Gasteiger partial charge in [-0.25, -0.2) is 13.2 Å². The van der Waals surface area contributed by atoms with Crippen LogP contribution in [0.2, 0.25) is 0 Å². The summed E-state index contributed by atoms with van der Waals surface area (Å²) in [6, 6.07) is -0.761. The zero-order valence-corrected chi connectivity index (χ0v) is 16.1. The molecule has 11 heteroatoms. The number of amides is 2. The molecule has 0 unspecified atom stereocenters. The van der Waals surface area contributed by atoms with Crippen LogP contribution in [0, 0.1) is 0 Å². The number of aromatic nitrogens is 2. The number of hydrogen-bond donors (Lipinski definition) is 0. The lowest BCUT2D eigenvalue weighted by Gasteiger charge is -2.44. The van der Waals surface area contributed by atoms with Crippen LogP contribution < -0.4 is 0 Å². The van der Waals surface area contributed by atoms with E-state index in [2.05, 4.69) is 10.1 Å². The molecule has 0 aliphatic carbocycles. The standard InChI is InChI=1S/C15H25N5O5S/c1-18(2)15(21)20-6-5-19(11-9-26(22,23)10-12(11)20)8-14-16-13(17-25-14)4-7-24-3/h11-12H,4-10H2,1-3H3/t11-,12+/m0/s1. The van der Waals surface area contributed by atoms with Gasteiger partial charge in [-0.05, 0) is 0 Å². The SMILES string of the molecule is COCCc1noc(CN2CCN(C(=O)N(C)C)[C@@H]3CS(=O)(=O)C[C@@H]32)n1. The van der Waals surface area contributed by atoms with E-state index in [1.165, 1.54) is 4.90 Å². The van der Waals surface area contributed by atoms with E-state index >= 15 is 0 Å². The van der Waals surface area contributed by atoms with Crippen molar-refractivity contribution in [3.8, 4) is 0 Å². The highest BCUT2D eigenvalue weighted by molar-refractivity contribution is 7.91. The lowest BCUT2D eigenvalue weighted by atomic mass is 10.1. The van der Waals surface area contributed by atoms with Crippen LogP contribution in [0.15, 0.2) is 4.52 Å². The molecule has 0 aromatic carbocycles. The molecule has 0 spiro atoms. The minimum Gasteiger partial charge on any atom is -0.384 e. The first kappa shape index (κ1) is 19.1. The van der Waals surface area contributed by atoms with E-state index in [1.54, 1.807) is 26.1 Å².